The van der Waals surface area contributed by atoms with Gasteiger partial charge in [-0.25, -0.2) is 8.42 Å². The Bertz CT molecular complexity index is 475. The van der Waals surface area contributed by atoms with Crippen LogP contribution in [0.3, 0.4) is 0 Å². The number of nitrogens with one attached hydrogen (secondary N) is 1. The van der Waals surface area contributed by atoms with E-state index in [-0.39, 0.29) is 11.0 Å². The molecule has 1 fully saturated rings. The molecule has 0 unspecified atom stereocenters. The third-order valence-electron chi connectivity index (χ3n) is 3.14. The number of sulfonamides is 1. The van der Waals surface area contributed by atoms with Crippen LogP contribution in [-0.2, 0) is 14.8 Å². The average Bonchev–Trinajstić information content (AvgIpc) is 2.76. The quantitative estimate of drug-likeness (QED) is 0.858. The second kappa shape index (κ2) is 4.75. The molecule has 96 valence electrons. The normalized spacial score (nSPS) is 19.6. The van der Waals surface area contributed by atoms with Gasteiger partial charge in [-0.3, -0.25) is 5.10 Å². The van der Waals surface area contributed by atoms with Gasteiger partial charge in [-0.2, -0.15) is 9.40 Å². The second-order valence-corrected chi connectivity index (χ2v) is 6.10. The number of aryl methyl sites for hydroxylation is 1. The van der Waals surface area contributed by atoms with Crippen LogP contribution in [0.25, 0.3) is 0 Å². The van der Waals surface area contributed by atoms with Gasteiger partial charge in [-0.05, 0) is 19.8 Å². The molecule has 1 aromatic rings. The fourth-order valence-corrected chi connectivity index (χ4v) is 3.64. The maximum atomic E-state index is 12.3. The number of piperidine rings is 1. The maximum absolute atomic E-state index is 12.3. The van der Waals surface area contributed by atoms with Crippen molar-refractivity contribution >= 4 is 10.0 Å². The Labute approximate surface area is 101 Å². The van der Waals surface area contributed by atoms with E-state index in [1.165, 1.54) is 10.5 Å². The third kappa shape index (κ3) is 2.36. The van der Waals surface area contributed by atoms with E-state index in [2.05, 4.69) is 10.2 Å². The maximum Gasteiger partial charge on any atom is 0.246 e. The minimum atomic E-state index is -3.40. The van der Waals surface area contributed by atoms with Crippen LogP contribution in [0, 0.1) is 6.92 Å². The van der Waals surface area contributed by atoms with Gasteiger partial charge in [0.25, 0.3) is 0 Å². The molecule has 1 saturated heterocycles. The summed E-state index contributed by atoms with van der Waals surface area (Å²) >= 11 is 0. The molecule has 0 atom stereocenters. The molecule has 1 aliphatic heterocycles. The Morgan fingerprint density at radius 2 is 2.12 bits per heavy atom. The summed E-state index contributed by atoms with van der Waals surface area (Å²) in [5, 5.41) is 6.41. The Hall–Kier alpha value is -0.920. The highest BCUT2D eigenvalue weighted by Crippen LogP contribution is 2.22. The van der Waals surface area contributed by atoms with Crippen molar-refractivity contribution in [3.63, 3.8) is 0 Å². The number of H-pyrrole nitrogens is 1. The molecule has 0 aliphatic carbocycles. The topological polar surface area (TPSA) is 75.3 Å². The van der Waals surface area contributed by atoms with E-state index in [4.69, 9.17) is 4.74 Å². The van der Waals surface area contributed by atoms with Gasteiger partial charge in [0.1, 0.15) is 4.90 Å². The molecular weight excluding hydrogens is 242 g/mol. The largest absolute Gasteiger partial charge is 0.381 e. The summed E-state index contributed by atoms with van der Waals surface area (Å²) in [6.07, 6.45) is 3.03. The highest BCUT2D eigenvalue weighted by molar-refractivity contribution is 7.89. The van der Waals surface area contributed by atoms with Crippen LogP contribution in [0.1, 0.15) is 18.5 Å². The highest BCUT2D eigenvalue weighted by atomic mass is 32.2. The van der Waals surface area contributed by atoms with Crippen molar-refractivity contribution in [3.05, 3.63) is 11.9 Å². The van der Waals surface area contributed by atoms with E-state index in [0.29, 0.717) is 18.8 Å². The monoisotopic (exact) mass is 259 g/mol. The minimum Gasteiger partial charge on any atom is -0.381 e. The summed E-state index contributed by atoms with van der Waals surface area (Å²) in [4.78, 5) is 0.272. The van der Waals surface area contributed by atoms with E-state index < -0.39 is 10.0 Å². The number of aromatic nitrogens is 2. The van der Waals surface area contributed by atoms with Crippen molar-refractivity contribution < 1.29 is 13.2 Å². The van der Waals surface area contributed by atoms with Crippen molar-refractivity contribution in [2.75, 3.05) is 20.2 Å². The van der Waals surface area contributed by atoms with Crippen LogP contribution in [0.4, 0.5) is 0 Å². The summed E-state index contributed by atoms with van der Waals surface area (Å²) in [5.41, 5.74) is 0.582. The first-order valence-corrected chi connectivity index (χ1v) is 7.02. The van der Waals surface area contributed by atoms with Crippen molar-refractivity contribution in [2.24, 2.45) is 0 Å². The molecule has 6 nitrogen and oxygen atoms in total. The average molecular weight is 259 g/mol. The van der Waals surface area contributed by atoms with Crippen molar-refractivity contribution in [1.82, 2.24) is 14.5 Å². The van der Waals surface area contributed by atoms with Crippen molar-refractivity contribution in [3.8, 4) is 0 Å². The van der Waals surface area contributed by atoms with Gasteiger partial charge in [0.2, 0.25) is 10.0 Å². The minimum absolute atomic E-state index is 0.173. The predicted octanol–water partition coefficient (Wildman–Crippen LogP) is 0.518. The SMILES string of the molecule is COC1CCN(S(=O)(=O)c2cn[nH]c2C)CC1. The van der Waals surface area contributed by atoms with Gasteiger partial charge in [0, 0.05) is 20.2 Å². The van der Waals surface area contributed by atoms with E-state index >= 15 is 0 Å². The van der Waals surface area contributed by atoms with E-state index in [0.717, 1.165) is 12.8 Å². The smallest absolute Gasteiger partial charge is 0.246 e. The predicted molar refractivity (Wildman–Crippen MR) is 62.1 cm³/mol. The lowest BCUT2D eigenvalue weighted by Crippen LogP contribution is -2.40. The van der Waals surface area contributed by atoms with Crippen LogP contribution >= 0.6 is 0 Å². The lowest BCUT2D eigenvalue weighted by Gasteiger charge is -2.30. The molecule has 0 aromatic carbocycles. The number of nitrogens with zero attached hydrogens (tertiary/aromatic N) is 2. The first-order chi connectivity index (χ1) is 8.05. The fourth-order valence-electron chi connectivity index (χ4n) is 2.05. The molecule has 1 aliphatic rings. The van der Waals surface area contributed by atoms with Gasteiger partial charge in [-0.15, -0.1) is 0 Å². The number of rotatable bonds is 3. The highest BCUT2D eigenvalue weighted by Gasteiger charge is 2.31. The molecule has 2 rings (SSSR count). The summed E-state index contributed by atoms with van der Waals surface area (Å²) in [5.74, 6) is 0. The molecule has 1 aromatic heterocycles. The number of hydrogen-bond donors (Lipinski definition) is 1. The van der Waals surface area contributed by atoms with Crippen LogP contribution in [0.2, 0.25) is 0 Å². The molecule has 17 heavy (non-hydrogen) atoms. The molecular formula is C10H17N3O3S. The van der Waals surface area contributed by atoms with Crippen LogP contribution in [0.15, 0.2) is 11.1 Å². The lowest BCUT2D eigenvalue weighted by molar-refractivity contribution is 0.0604. The van der Waals surface area contributed by atoms with Gasteiger partial charge in [0.15, 0.2) is 0 Å². The molecule has 0 spiro atoms. The second-order valence-electron chi connectivity index (χ2n) is 4.20. The Morgan fingerprint density at radius 1 is 1.47 bits per heavy atom. The first-order valence-electron chi connectivity index (χ1n) is 5.58. The molecule has 2 heterocycles. The molecule has 0 radical (unpaired) electrons. The number of aromatic amines is 1. The van der Waals surface area contributed by atoms with Crippen molar-refractivity contribution in [1.29, 1.82) is 0 Å². The van der Waals surface area contributed by atoms with E-state index in [1.807, 2.05) is 0 Å². The first kappa shape index (κ1) is 12.5. The zero-order valence-corrected chi connectivity index (χ0v) is 10.8. The molecule has 0 bridgehead atoms. The third-order valence-corrected chi connectivity index (χ3v) is 5.15. The van der Waals surface area contributed by atoms with Gasteiger partial charge >= 0.3 is 0 Å². The zero-order chi connectivity index (χ0) is 12.5. The van der Waals surface area contributed by atoms with Crippen LogP contribution < -0.4 is 0 Å². The Kier molecular flexibility index (Phi) is 3.50. The number of hydrogen-bond acceptors (Lipinski definition) is 4. The Morgan fingerprint density at radius 3 is 2.59 bits per heavy atom. The van der Waals surface area contributed by atoms with Crippen LogP contribution in [-0.4, -0.2) is 49.2 Å². The molecule has 1 N–H and O–H groups in total. The summed E-state index contributed by atoms with van der Waals surface area (Å²) in [7, 11) is -1.74. The molecule has 7 heteroatoms. The van der Waals surface area contributed by atoms with Gasteiger partial charge in [-0.1, -0.05) is 0 Å². The van der Waals surface area contributed by atoms with Crippen molar-refractivity contribution in [2.45, 2.75) is 30.8 Å². The molecule has 0 amide bonds. The number of ether oxygens (including phenoxy) is 1. The van der Waals surface area contributed by atoms with E-state index in [9.17, 15) is 8.42 Å². The van der Waals surface area contributed by atoms with Gasteiger partial charge in [0.05, 0.1) is 18.0 Å². The van der Waals surface area contributed by atoms with Crippen LogP contribution in [0.5, 0.6) is 0 Å². The van der Waals surface area contributed by atoms with Gasteiger partial charge < -0.3 is 4.74 Å². The fraction of sp³-hybridized carbons (Fsp3) is 0.700. The summed E-state index contributed by atoms with van der Waals surface area (Å²) in [6, 6.07) is 0. The zero-order valence-electron chi connectivity index (χ0n) is 10.0. The Balaban J connectivity index is 2.16. The number of methoxy groups -OCH3 is 1. The standard InChI is InChI=1S/C10H17N3O3S/c1-8-10(7-11-12-8)17(14,15)13-5-3-9(16-2)4-6-13/h7,9H,3-6H2,1-2H3,(H,11,12). The lowest BCUT2D eigenvalue weighted by atomic mass is 10.1. The van der Waals surface area contributed by atoms with E-state index in [1.54, 1.807) is 14.0 Å². The summed E-state index contributed by atoms with van der Waals surface area (Å²) < 4.78 is 31.3. The molecule has 0 saturated carbocycles. The summed E-state index contributed by atoms with van der Waals surface area (Å²) in [6.45, 7) is 2.72.